The molecule has 2 aromatic carbocycles. The van der Waals surface area contributed by atoms with Gasteiger partial charge in [0, 0.05) is 0 Å². The minimum atomic E-state index is 0.177. The smallest absolute Gasteiger partial charge is 0.143 e. The van der Waals surface area contributed by atoms with E-state index < -0.39 is 0 Å². The van der Waals surface area contributed by atoms with Crippen LogP contribution in [0.5, 0.6) is 5.75 Å². The summed E-state index contributed by atoms with van der Waals surface area (Å²) in [7, 11) is 0. The predicted molar refractivity (Wildman–Crippen MR) is 76.6 cm³/mol. The topological polar surface area (TPSA) is 50.9 Å². The van der Waals surface area contributed by atoms with Gasteiger partial charge in [-0.1, -0.05) is 32.0 Å². The number of nitrogens with zero attached hydrogens (tertiary/aromatic N) is 3. The van der Waals surface area contributed by atoms with E-state index in [0.717, 1.165) is 16.6 Å². The highest BCUT2D eigenvalue weighted by Crippen LogP contribution is 2.22. The molecular weight excluding hydrogens is 238 g/mol. The fourth-order valence-corrected chi connectivity index (χ4v) is 1.76. The van der Waals surface area contributed by atoms with E-state index in [4.69, 9.17) is 0 Å². The third-order valence-electron chi connectivity index (χ3n) is 2.63. The van der Waals surface area contributed by atoms with Crippen LogP contribution in [0, 0.1) is 6.92 Å². The summed E-state index contributed by atoms with van der Waals surface area (Å²) in [5.41, 5.74) is 3.28. The Morgan fingerprint density at radius 2 is 1.53 bits per heavy atom. The van der Waals surface area contributed by atoms with E-state index in [1.807, 2.05) is 57.2 Å². The van der Waals surface area contributed by atoms with Gasteiger partial charge in [0.25, 0.3) is 0 Å². The first-order valence-electron chi connectivity index (χ1n) is 6.36. The van der Waals surface area contributed by atoms with E-state index >= 15 is 0 Å². The van der Waals surface area contributed by atoms with Gasteiger partial charge in [-0.15, -0.1) is 15.0 Å². The fourth-order valence-electron chi connectivity index (χ4n) is 1.76. The van der Waals surface area contributed by atoms with Gasteiger partial charge in [-0.25, -0.2) is 0 Å². The van der Waals surface area contributed by atoms with Gasteiger partial charge in [0.05, 0.1) is 0 Å². The van der Waals surface area contributed by atoms with Crippen molar-refractivity contribution in [2.75, 3.05) is 0 Å². The zero-order valence-corrected chi connectivity index (χ0v) is 11.3. The molecule has 0 fully saturated rings. The van der Waals surface area contributed by atoms with Crippen molar-refractivity contribution in [1.82, 2.24) is 15.0 Å². The normalized spacial score (nSPS) is 10.1. The zero-order valence-electron chi connectivity index (χ0n) is 11.3. The van der Waals surface area contributed by atoms with Crippen LogP contribution in [0.1, 0.15) is 19.4 Å². The van der Waals surface area contributed by atoms with Crippen molar-refractivity contribution in [1.29, 1.82) is 0 Å². The lowest BCUT2D eigenvalue weighted by Gasteiger charge is -2.03. The van der Waals surface area contributed by atoms with Crippen molar-refractivity contribution in [2.45, 2.75) is 20.8 Å². The lowest BCUT2D eigenvalue weighted by Crippen LogP contribution is -1.99. The molecule has 0 aliphatic heterocycles. The van der Waals surface area contributed by atoms with Gasteiger partial charge in [-0.05, 0) is 36.8 Å². The maximum atomic E-state index is 9.81. The molecule has 98 valence electrons. The van der Waals surface area contributed by atoms with E-state index in [1.54, 1.807) is 6.07 Å². The van der Waals surface area contributed by atoms with Gasteiger partial charge in [-0.3, -0.25) is 0 Å². The molecule has 3 aromatic rings. The molecule has 3 rings (SSSR count). The molecule has 1 N–H and O–H groups in total. The Bertz CT molecular complexity index is 656. The number of aromatic hydroxyl groups is 1. The Hall–Kier alpha value is -2.36. The number of hydrogen-bond donors (Lipinski definition) is 1. The summed E-state index contributed by atoms with van der Waals surface area (Å²) in [6.45, 7) is 5.96. The zero-order chi connectivity index (χ0) is 13.8. The molecule has 0 bridgehead atoms. The number of hydrogen-bond acceptors (Lipinski definition) is 3. The predicted octanol–water partition coefficient (Wildman–Crippen LogP) is 3.46. The highest BCUT2D eigenvalue weighted by atomic mass is 16.3. The number of benzene rings is 2. The lowest BCUT2D eigenvalue weighted by atomic mass is 10.2. The highest BCUT2D eigenvalue weighted by Gasteiger charge is 2.08. The van der Waals surface area contributed by atoms with Crippen LogP contribution >= 0.6 is 0 Å². The second-order valence-corrected chi connectivity index (χ2v) is 3.97. The van der Waals surface area contributed by atoms with Crippen LogP contribution in [0.2, 0.25) is 0 Å². The molecular formula is C15H17N3O. The molecule has 0 atom stereocenters. The third kappa shape index (κ3) is 2.57. The van der Waals surface area contributed by atoms with Crippen molar-refractivity contribution in [3.8, 4) is 11.4 Å². The molecule has 0 saturated carbocycles. The molecule has 0 amide bonds. The van der Waals surface area contributed by atoms with Gasteiger partial charge >= 0.3 is 0 Å². The van der Waals surface area contributed by atoms with Crippen molar-refractivity contribution in [3.05, 3.63) is 48.0 Å². The Labute approximate surface area is 112 Å². The molecule has 4 heteroatoms. The van der Waals surface area contributed by atoms with E-state index in [0.29, 0.717) is 5.69 Å². The number of fused-ring (bicyclic) bond motifs is 1. The number of phenolic OH excluding ortho intramolecular Hbond substituents is 1. The maximum Gasteiger partial charge on any atom is 0.143 e. The third-order valence-corrected chi connectivity index (χ3v) is 2.63. The molecule has 0 unspecified atom stereocenters. The van der Waals surface area contributed by atoms with E-state index in [-0.39, 0.29) is 5.75 Å². The summed E-state index contributed by atoms with van der Waals surface area (Å²) in [4.78, 5) is 1.47. The molecule has 0 saturated heterocycles. The van der Waals surface area contributed by atoms with Crippen LogP contribution in [-0.2, 0) is 0 Å². The Balaban J connectivity index is 0.000000637. The largest absolute Gasteiger partial charge is 0.506 e. The van der Waals surface area contributed by atoms with E-state index in [9.17, 15) is 5.11 Å². The van der Waals surface area contributed by atoms with Crippen molar-refractivity contribution in [2.24, 2.45) is 0 Å². The molecule has 1 aromatic heterocycles. The monoisotopic (exact) mass is 255 g/mol. The van der Waals surface area contributed by atoms with Crippen LogP contribution in [0.15, 0.2) is 42.5 Å². The van der Waals surface area contributed by atoms with E-state index in [1.165, 1.54) is 4.80 Å². The quantitative estimate of drug-likeness (QED) is 0.724. The average Bonchev–Trinajstić information content (AvgIpc) is 2.87. The SMILES string of the molecule is CC.Cc1ccc(O)c(-n2nc3ccccc3n2)c1. The molecule has 0 spiro atoms. The summed E-state index contributed by atoms with van der Waals surface area (Å²) in [5, 5.41) is 18.5. The van der Waals surface area contributed by atoms with Crippen LogP contribution in [-0.4, -0.2) is 20.1 Å². The first kappa shape index (κ1) is 13.1. The van der Waals surface area contributed by atoms with Crippen molar-refractivity contribution >= 4 is 11.0 Å². The number of rotatable bonds is 1. The lowest BCUT2D eigenvalue weighted by molar-refractivity contribution is 0.467. The molecule has 1 heterocycles. The summed E-state index contributed by atoms with van der Waals surface area (Å²) in [6.07, 6.45) is 0. The number of aromatic nitrogens is 3. The maximum absolute atomic E-state index is 9.81. The minimum absolute atomic E-state index is 0.177. The van der Waals surface area contributed by atoms with Crippen LogP contribution < -0.4 is 0 Å². The number of aryl methyl sites for hydroxylation is 1. The molecule has 0 aliphatic rings. The van der Waals surface area contributed by atoms with Crippen LogP contribution in [0.25, 0.3) is 16.7 Å². The van der Waals surface area contributed by atoms with Gasteiger partial charge in [-0.2, -0.15) is 0 Å². The molecule has 4 nitrogen and oxygen atoms in total. The fraction of sp³-hybridized carbons (Fsp3) is 0.200. The van der Waals surface area contributed by atoms with Crippen LogP contribution in [0.4, 0.5) is 0 Å². The summed E-state index contributed by atoms with van der Waals surface area (Å²) in [6, 6.07) is 13.0. The summed E-state index contributed by atoms with van der Waals surface area (Å²) >= 11 is 0. The number of phenols is 1. The first-order chi connectivity index (χ1) is 9.24. The molecule has 19 heavy (non-hydrogen) atoms. The Morgan fingerprint density at radius 3 is 2.11 bits per heavy atom. The Kier molecular flexibility index (Phi) is 3.80. The molecule has 0 radical (unpaired) electrons. The first-order valence-corrected chi connectivity index (χ1v) is 6.36. The molecule has 0 aliphatic carbocycles. The second kappa shape index (κ2) is 5.52. The van der Waals surface area contributed by atoms with Gasteiger partial charge in [0.2, 0.25) is 0 Å². The standard InChI is InChI=1S/C13H11N3O.C2H6/c1-9-6-7-13(17)12(8-9)16-14-10-4-2-3-5-11(10)15-16;1-2/h2-8,17H,1H3;1-2H3. The second-order valence-electron chi connectivity index (χ2n) is 3.97. The highest BCUT2D eigenvalue weighted by molar-refractivity contribution is 5.73. The van der Waals surface area contributed by atoms with Crippen molar-refractivity contribution < 1.29 is 5.11 Å². The van der Waals surface area contributed by atoms with Crippen LogP contribution in [0.3, 0.4) is 0 Å². The summed E-state index contributed by atoms with van der Waals surface area (Å²) in [5.74, 6) is 0.177. The van der Waals surface area contributed by atoms with E-state index in [2.05, 4.69) is 10.2 Å². The van der Waals surface area contributed by atoms with Gasteiger partial charge in [0.15, 0.2) is 0 Å². The summed E-state index contributed by atoms with van der Waals surface area (Å²) < 4.78 is 0. The van der Waals surface area contributed by atoms with Gasteiger partial charge < -0.3 is 5.11 Å². The minimum Gasteiger partial charge on any atom is -0.506 e. The Morgan fingerprint density at radius 1 is 0.947 bits per heavy atom. The van der Waals surface area contributed by atoms with Crippen molar-refractivity contribution in [3.63, 3.8) is 0 Å². The van der Waals surface area contributed by atoms with Gasteiger partial charge in [0.1, 0.15) is 22.5 Å². The average molecular weight is 255 g/mol.